The molecule has 0 bridgehead atoms. The third-order valence-corrected chi connectivity index (χ3v) is 5.21. The van der Waals surface area contributed by atoms with E-state index < -0.39 is 10.0 Å². The number of sulfonamides is 1. The minimum atomic E-state index is -3.64. The van der Waals surface area contributed by atoms with Crippen LogP contribution >= 0.6 is 11.6 Å². The minimum Gasteiger partial charge on any atom is -0.340 e. The fraction of sp³-hybridized carbons (Fsp3) is 0.200. The van der Waals surface area contributed by atoms with Crippen LogP contribution in [-0.4, -0.2) is 29.6 Å². The Kier molecular flexibility index (Phi) is 4.44. The van der Waals surface area contributed by atoms with Gasteiger partial charge in [0.15, 0.2) is 5.65 Å². The number of anilines is 2. The van der Waals surface area contributed by atoms with E-state index >= 15 is 0 Å². The molecule has 0 aliphatic heterocycles. The second-order valence-electron chi connectivity index (χ2n) is 5.16. The molecule has 1 aromatic carbocycles. The largest absolute Gasteiger partial charge is 0.340 e. The van der Waals surface area contributed by atoms with Crippen LogP contribution in [0.1, 0.15) is 12.5 Å². The topological polar surface area (TPSA) is 88.4 Å². The maximum atomic E-state index is 12.2. The number of hydrogen-bond donors (Lipinski definition) is 2. The maximum absolute atomic E-state index is 12.2. The highest BCUT2D eigenvalue weighted by atomic mass is 35.5. The lowest BCUT2D eigenvalue weighted by molar-refractivity contribution is 0.584. The van der Waals surface area contributed by atoms with Crippen LogP contribution in [0.5, 0.6) is 0 Å². The van der Waals surface area contributed by atoms with Crippen LogP contribution in [0.15, 0.2) is 41.6 Å². The summed E-state index contributed by atoms with van der Waals surface area (Å²) < 4.78 is 28.4. The van der Waals surface area contributed by atoms with Crippen molar-refractivity contribution in [1.82, 2.24) is 19.3 Å². The van der Waals surface area contributed by atoms with Gasteiger partial charge >= 0.3 is 0 Å². The molecule has 0 aliphatic carbocycles. The molecule has 2 aromatic heterocycles. The van der Waals surface area contributed by atoms with Crippen molar-refractivity contribution in [2.45, 2.75) is 18.7 Å². The first kappa shape index (κ1) is 16.7. The fourth-order valence-corrected chi connectivity index (χ4v) is 3.66. The summed E-state index contributed by atoms with van der Waals surface area (Å²) in [5.41, 5.74) is 2.06. The molecule has 3 rings (SSSR count). The lowest BCUT2D eigenvalue weighted by atomic mass is 10.2. The number of rotatable bonds is 5. The van der Waals surface area contributed by atoms with Gasteiger partial charge in [0, 0.05) is 23.5 Å². The summed E-state index contributed by atoms with van der Waals surface area (Å²) in [5.74, 6) is 0.600. The molecule has 0 saturated heterocycles. The Labute approximate surface area is 144 Å². The van der Waals surface area contributed by atoms with Gasteiger partial charge in [-0.15, -0.1) is 0 Å². The number of fused-ring (bicyclic) bond motifs is 1. The zero-order valence-electron chi connectivity index (χ0n) is 13.1. The molecular formula is C15H16ClN5O2S. The summed E-state index contributed by atoms with van der Waals surface area (Å²) in [6, 6.07) is 7.19. The van der Waals surface area contributed by atoms with E-state index in [4.69, 9.17) is 11.6 Å². The number of halogens is 1. The second kappa shape index (κ2) is 6.39. The molecule has 7 nitrogen and oxygen atoms in total. The van der Waals surface area contributed by atoms with E-state index in [0.29, 0.717) is 17.4 Å². The number of aromatic nitrogens is 3. The summed E-state index contributed by atoms with van der Waals surface area (Å²) >= 11 is 5.97. The first-order valence-electron chi connectivity index (χ1n) is 7.28. The first-order chi connectivity index (χ1) is 11.4. The lowest BCUT2D eigenvalue weighted by Crippen LogP contribution is -2.23. The van der Waals surface area contributed by atoms with E-state index in [1.54, 1.807) is 19.1 Å². The minimum absolute atomic E-state index is 0.0424. The molecular weight excluding hydrogens is 350 g/mol. The zero-order valence-corrected chi connectivity index (χ0v) is 14.7. The van der Waals surface area contributed by atoms with Gasteiger partial charge < -0.3 is 5.32 Å². The maximum Gasteiger partial charge on any atom is 0.245 e. The second-order valence-corrected chi connectivity index (χ2v) is 7.33. The number of hydrogen-bond acceptors (Lipinski definition) is 5. The molecule has 0 aliphatic rings. The summed E-state index contributed by atoms with van der Waals surface area (Å²) in [7, 11) is -3.64. The Hall–Kier alpha value is -2.16. The smallest absolute Gasteiger partial charge is 0.245 e. The summed E-state index contributed by atoms with van der Waals surface area (Å²) in [6.45, 7) is 3.94. The van der Waals surface area contributed by atoms with Crippen molar-refractivity contribution >= 4 is 38.8 Å². The van der Waals surface area contributed by atoms with Crippen LogP contribution < -0.4 is 10.0 Å². The number of nitrogens with one attached hydrogen (secondary N) is 2. The molecule has 2 N–H and O–H groups in total. The Morgan fingerprint density at radius 2 is 2.08 bits per heavy atom. The van der Waals surface area contributed by atoms with E-state index in [2.05, 4.69) is 20.1 Å². The van der Waals surface area contributed by atoms with E-state index in [-0.39, 0.29) is 10.5 Å². The van der Waals surface area contributed by atoms with E-state index in [9.17, 15) is 8.42 Å². The SMILES string of the molecule is CCNS(=O)(=O)c1cnn2c(Nc3ccc(Cl)cc3C)ccnc12. The van der Waals surface area contributed by atoms with Crippen LogP contribution in [0.25, 0.3) is 5.65 Å². The van der Waals surface area contributed by atoms with Crippen molar-refractivity contribution in [3.8, 4) is 0 Å². The highest BCUT2D eigenvalue weighted by Gasteiger charge is 2.21. The van der Waals surface area contributed by atoms with Crippen molar-refractivity contribution in [1.29, 1.82) is 0 Å². The van der Waals surface area contributed by atoms with Crippen molar-refractivity contribution in [3.63, 3.8) is 0 Å². The van der Waals surface area contributed by atoms with Gasteiger partial charge in [0.1, 0.15) is 10.7 Å². The average molecular weight is 366 g/mol. The van der Waals surface area contributed by atoms with E-state index in [1.165, 1.54) is 16.9 Å². The summed E-state index contributed by atoms with van der Waals surface area (Å²) in [4.78, 5) is 4.19. The molecule has 0 spiro atoms. The lowest BCUT2D eigenvalue weighted by Gasteiger charge is -2.11. The Balaban J connectivity index is 2.06. The molecule has 0 fully saturated rings. The molecule has 0 saturated carbocycles. The van der Waals surface area contributed by atoms with E-state index in [1.807, 2.05) is 19.1 Å². The quantitative estimate of drug-likeness (QED) is 0.725. The molecule has 0 unspecified atom stereocenters. The van der Waals surface area contributed by atoms with Crippen molar-refractivity contribution in [2.24, 2.45) is 0 Å². The van der Waals surface area contributed by atoms with Gasteiger partial charge in [0.05, 0.1) is 6.20 Å². The van der Waals surface area contributed by atoms with E-state index in [0.717, 1.165) is 11.3 Å². The van der Waals surface area contributed by atoms with Crippen LogP contribution in [0.4, 0.5) is 11.5 Å². The Morgan fingerprint density at radius 3 is 2.79 bits per heavy atom. The number of benzene rings is 1. The van der Waals surface area contributed by atoms with Crippen LogP contribution in [-0.2, 0) is 10.0 Å². The molecule has 2 heterocycles. The van der Waals surface area contributed by atoms with Crippen molar-refractivity contribution in [2.75, 3.05) is 11.9 Å². The monoisotopic (exact) mass is 365 g/mol. The summed E-state index contributed by atoms with van der Waals surface area (Å²) in [5, 5.41) is 8.03. The van der Waals surface area contributed by atoms with Crippen LogP contribution in [0, 0.1) is 6.92 Å². The standard InChI is InChI=1S/C15H16ClN5O2S/c1-3-19-24(22,23)13-9-18-21-14(6-7-17-15(13)21)20-12-5-4-11(16)8-10(12)2/h4-9,19-20H,3H2,1-2H3. The number of aryl methyl sites for hydroxylation is 1. The summed E-state index contributed by atoms with van der Waals surface area (Å²) in [6.07, 6.45) is 2.83. The van der Waals surface area contributed by atoms with Gasteiger partial charge in [0.2, 0.25) is 10.0 Å². The molecule has 0 radical (unpaired) electrons. The molecule has 9 heteroatoms. The molecule has 0 amide bonds. The number of nitrogens with zero attached hydrogens (tertiary/aromatic N) is 3. The van der Waals surface area contributed by atoms with Gasteiger partial charge in [-0.05, 0) is 36.8 Å². The third-order valence-electron chi connectivity index (χ3n) is 3.44. The zero-order chi connectivity index (χ0) is 17.3. The fourth-order valence-electron chi connectivity index (χ4n) is 2.33. The normalized spacial score (nSPS) is 11.8. The molecule has 126 valence electrons. The first-order valence-corrected chi connectivity index (χ1v) is 9.14. The highest BCUT2D eigenvalue weighted by molar-refractivity contribution is 7.89. The van der Waals surface area contributed by atoms with Gasteiger partial charge in [-0.25, -0.2) is 18.1 Å². The van der Waals surface area contributed by atoms with Gasteiger partial charge in [-0.2, -0.15) is 9.61 Å². The highest BCUT2D eigenvalue weighted by Crippen LogP contribution is 2.25. The Morgan fingerprint density at radius 1 is 1.29 bits per heavy atom. The molecule has 0 atom stereocenters. The average Bonchev–Trinajstić information content (AvgIpc) is 2.96. The van der Waals surface area contributed by atoms with Crippen molar-refractivity contribution in [3.05, 3.63) is 47.2 Å². The molecule has 24 heavy (non-hydrogen) atoms. The molecule has 3 aromatic rings. The van der Waals surface area contributed by atoms with Gasteiger partial charge in [-0.1, -0.05) is 18.5 Å². The van der Waals surface area contributed by atoms with Crippen molar-refractivity contribution < 1.29 is 8.42 Å². The Bertz CT molecular complexity index is 1000. The van der Waals surface area contributed by atoms with Crippen LogP contribution in [0.3, 0.4) is 0 Å². The predicted molar refractivity (Wildman–Crippen MR) is 93.3 cm³/mol. The van der Waals surface area contributed by atoms with Crippen LogP contribution in [0.2, 0.25) is 5.02 Å². The predicted octanol–water partition coefficient (Wildman–Crippen LogP) is 2.73. The third kappa shape index (κ3) is 3.08. The van der Waals surface area contributed by atoms with Gasteiger partial charge in [0.25, 0.3) is 0 Å². The van der Waals surface area contributed by atoms with Gasteiger partial charge in [-0.3, -0.25) is 0 Å².